The molecule has 2 heterocycles. The van der Waals surface area contributed by atoms with Crippen LogP contribution in [-0.2, 0) is 17.8 Å². The number of carboxylic acid groups (broad SMARTS) is 1. The van der Waals surface area contributed by atoms with E-state index in [9.17, 15) is 4.79 Å². The van der Waals surface area contributed by atoms with E-state index in [0.29, 0.717) is 19.0 Å². The van der Waals surface area contributed by atoms with Gasteiger partial charge in [-0.3, -0.25) is 9.69 Å². The number of nitrogens with zero attached hydrogens (tertiary/aromatic N) is 3. The first-order chi connectivity index (χ1) is 9.19. The number of halogens is 1. The minimum Gasteiger partial charge on any atom is -0.481 e. The second-order valence-electron chi connectivity index (χ2n) is 5.12. The largest absolute Gasteiger partial charge is 0.481 e. The van der Waals surface area contributed by atoms with Gasteiger partial charge in [0.15, 0.2) is 5.82 Å². The molecule has 20 heavy (non-hydrogen) atoms. The summed E-state index contributed by atoms with van der Waals surface area (Å²) < 4.78 is 5.21. The lowest BCUT2D eigenvalue weighted by Gasteiger charge is -2.29. The normalized spacial score (nSPS) is 19.6. The maximum Gasteiger partial charge on any atom is 0.307 e. The third-order valence-corrected chi connectivity index (χ3v) is 3.48. The summed E-state index contributed by atoms with van der Waals surface area (Å²) in [4.78, 5) is 17.4. The van der Waals surface area contributed by atoms with E-state index in [1.807, 2.05) is 0 Å². The van der Waals surface area contributed by atoms with Crippen molar-refractivity contribution in [3.63, 3.8) is 0 Å². The quantitative estimate of drug-likeness (QED) is 0.867. The number of aliphatic carboxylic acids is 1. The molecule has 0 spiro atoms. The fourth-order valence-electron chi connectivity index (χ4n) is 2.38. The van der Waals surface area contributed by atoms with Gasteiger partial charge in [-0.05, 0) is 25.8 Å². The average Bonchev–Trinajstić information content (AvgIpc) is 2.84. The van der Waals surface area contributed by atoms with Crippen LogP contribution in [-0.4, -0.2) is 39.2 Å². The monoisotopic (exact) mass is 303 g/mol. The van der Waals surface area contributed by atoms with Crippen molar-refractivity contribution < 1.29 is 14.4 Å². The van der Waals surface area contributed by atoms with Crippen LogP contribution in [0.25, 0.3) is 0 Å². The lowest BCUT2D eigenvalue weighted by molar-refractivity contribution is -0.143. The maximum absolute atomic E-state index is 11.0. The number of aromatic nitrogens is 2. The molecule has 1 aliphatic rings. The van der Waals surface area contributed by atoms with Crippen molar-refractivity contribution in [2.75, 3.05) is 13.1 Å². The van der Waals surface area contributed by atoms with Crippen LogP contribution in [0.4, 0.5) is 0 Å². The fraction of sp³-hybridized carbons (Fsp3) is 0.769. The number of aryl methyl sites for hydroxylation is 1. The molecule has 114 valence electrons. The molecular weight excluding hydrogens is 282 g/mol. The first-order valence-corrected chi connectivity index (χ1v) is 6.95. The number of piperidine rings is 1. The van der Waals surface area contributed by atoms with Crippen molar-refractivity contribution >= 4 is 18.4 Å². The Bertz CT molecular complexity index is 425. The lowest BCUT2D eigenvalue weighted by Crippen LogP contribution is -2.38. The molecule has 1 aromatic heterocycles. The molecule has 1 aromatic rings. The van der Waals surface area contributed by atoms with Gasteiger partial charge in [0.2, 0.25) is 5.89 Å². The van der Waals surface area contributed by atoms with Gasteiger partial charge in [-0.1, -0.05) is 18.5 Å². The van der Waals surface area contributed by atoms with Crippen LogP contribution >= 0.6 is 12.4 Å². The van der Waals surface area contributed by atoms with Crippen LogP contribution in [0.5, 0.6) is 0 Å². The molecular formula is C13H22ClN3O3. The van der Waals surface area contributed by atoms with Crippen molar-refractivity contribution in [3.8, 4) is 0 Å². The van der Waals surface area contributed by atoms with Gasteiger partial charge in [0, 0.05) is 13.0 Å². The van der Waals surface area contributed by atoms with Gasteiger partial charge in [0.25, 0.3) is 0 Å². The van der Waals surface area contributed by atoms with E-state index >= 15 is 0 Å². The Kier molecular flexibility index (Phi) is 6.95. The van der Waals surface area contributed by atoms with Crippen LogP contribution in [0.1, 0.15) is 44.3 Å². The smallest absolute Gasteiger partial charge is 0.307 e. The third kappa shape index (κ3) is 4.76. The van der Waals surface area contributed by atoms with E-state index in [0.717, 1.165) is 44.5 Å². The molecule has 6 nitrogen and oxygen atoms in total. The molecule has 7 heteroatoms. The van der Waals surface area contributed by atoms with E-state index in [1.165, 1.54) is 0 Å². The van der Waals surface area contributed by atoms with E-state index in [2.05, 4.69) is 22.0 Å². The Balaban J connectivity index is 0.00000200. The molecule has 1 saturated heterocycles. The number of rotatable bonds is 6. The zero-order valence-corrected chi connectivity index (χ0v) is 12.6. The standard InChI is InChI=1S/C13H21N3O3.ClH/c1-2-3-6-11-14-12(19-15-11)9-16-7-4-5-10(8-16)13(17)18;/h10H,2-9H2,1H3,(H,17,18);1H. The second kappa shape index (κ2) is 8.21. The summed E-state index contributed by atoms with van der Waals surface area (Å²) in [6.45, 7) is 4.15. The molecule has 0 aliphatic carbocycles. The van der Waals surface area contributed by atoms with Gasteiger partial charge in [-0.15, -0.1) is 12.4 Å². The summed E-state index contributed by atoms with van der Waals surface area (Å²) in [5.41, 5.74) is 0. The number of hydrogen-bond acceptors (Lipinski definition) is 5. The summed E-state index contributed by atoms with van der Waals surface area (Å²) in [6.07, 6.45) is 4.68. The predicted molar refractivity (Wildman–Crippen MR) is 75.8 cm³/mol. The summed E-state index contributed by atoms with van der Waals surface area (Å²) in [5, 5.41) is 13.0. The lowest BCUT2D eigenvalue weighted by atomic mass is 9.98. The number of unbranched alkanes of at least 4 members (excludes halogenated alkanes) is 1. The molecule has 0 amide bonds. The van der Waals surface area contributed by atoms with Gasteiger partial charge in [-0.2, -0.15) is 4.98 Å². The Hall–Kier alpha value is -1.14. The van der Waals surface area contributed by atoms with Gasteiger partial charge in [0.1, 0.15) is 0 Å². The summed E-state index contributed by atoms with van der Waals surface area (Å²) in [6, 6.07) is 0. The molecule has 1 unspecified atom stereocenters. The Morgan fingerprint density at radius 2 is 2.35 bits per heavy atom. The second-order valence-corrected chi connectivity index (χ2v) is 5.12. The van der Waals surface area contributed by atoms with E-state index in [1.54, 1.807) is 0 Å². The van der Waals surface area contributed by atoms with Gasteiger partial charge >= 0.3 is 5.97 Å². The van der Waals surface area contributed by atoms with Crippen molar-refractivity contribution in [3.05, 3.63) is 11.7 Å². The van der Waals surface area contributed by atoms with Gasteiger partial charge in [0.05, 0.1) is 12.5 Å². The minimum atomic E-state index is -0.709. The van der Waals surface area contributed by atoms with Crippen LogP contribution < -0.4 is 0 Å². The van der Waals surface area contributed by atoms with E-state index in [-0.39, 0.29) is 18.3 Å². The predicted octanol–water partition coefficient (Wildman–Crippen LogP) is 2.13. The highest BCUT2D eigenvalue weighted by Gasteiger charge is 2.26. The highest BCUT2D eigenvalue weighted by molar-refractivity contribution is 5.85. The highest BCUT2D eigenvalue weighted by atomic mass is 35.5. The van der Waals surface area contributed by atoms with Crippen LogP contribution in [0.2, 0.25) is 0 Å². The SMILES string of the molecule is CCCCc1noc(CN2CCCC(C(=O)O)C2)n1.Cl. The molecule has 2 rings (SSSR count). The average molecular weight is 304 g/mol. The number of hydrogen-bond donors (Lipinski definition) is 1. The Morgan fingerprint density at radius 3 is 3.05 bits per heavy atom. The van der Waals surface area contributed by atoms with Gasteiger partial charge in [-0.25, -0.2) is 0 Å². The van der Waals surface area contributed by atoms with E-state index < -0.39 is 5.97 Å². The topological polar surface area (TPSA) is 79.5 Å². The Labute approximate surface area is 124 Å². The molecule has 0 bridgehead atoms. The molecule has 1 atom stereocenters. The molecule has 0 saturated carbocycles. The van der Waals surface area contributed by atoms with Crippen LogP contribution in [0, 0.1) is 5.92 Å². The minimum absolute atomic E-state index is 0. The summed E-state index contributed by atoms with van der Waals surface area (Å²) >= 11 is 0. The third-order valence-electron chi connectivity index (χ3n) is 3.48. The maximum atomic E-state index is 11.0. The van der Waals surface area contributed by atoms with Crippen LogP contribution in [0.3, 0.4) is 0 Å². The van der Waals surface area contributed by atoms with Crippen molar-refractivity contribution in [2.24, 2.45) is 5.92 Å². The fourth-order valence-corrected chi connectivity index (χ4v) is 2.38. The van der Waals surface area contributed by atoms with Crippen molar-refractivity contribution in [1.82, 2.24) is 15.0 Å². The first-order valence-electron chi connectivity index (χ1n) is 6.95. The molecule has 0 aromatic carbocycles. The Morgan fingerprint density at radius 1 is 1.55 bits per heavy atom. The molecule has 0 radical (unpaired) electrons. The zero-order chi connectivity index (χ0) is 13.7. The van der Waals surface area contributed by atoms with Crippen molar-refractivity contribution in [1.29, 1.82) is 0 Å². The zero-order valence-electron chi connectivity index (χ0n) is 11.7. The first kappa shape index (κ1) is 16.9. The molecule has 1 aliphatic heterocycles. The number of carbonyl (C=O) groups is 1. The number of carboxylic acids is 1. The van der Waals surface area contributed by atoms with Gasteiger partial charge < -0.3 is 9.63 Å². The van der Waals surface area contributed by atoms with E-state index in [4.69, 9.17) is 9.63 Å². The number of likely N-dealkylation sites (tertiary alicyclic amines) is 1. The molecule has 1 fully saturated rings. The molecule has 1 N–H and O–H groups in total. The summed E-state index contributed by atoms with van der Waals surface area (Å²) in [7, 11) is 0. The summed E-state index contributed by atoms with van der Waals surface area (Å²) in [5.74, 6) is 0.371. The van der Waals surface area contributed by atoms with Crippen LogP contribution in [0.15, 0.2) is 4.52 Å². The highest BCUT2D eigenvalue weighted by Crippen LogP contribution is 2.18. The van der Waals surface area contributed by atoms with Crippen molar-refractivity contribution in [2.45, 2.75) is 45.6 Å².